The molecule has 0 radical (unpaired) electrons. The third-order valence-corrected chi connectivity index (χ3v) is 4.00. The molecule has 3 rings (SSSR count). The van der Waals surface area contributed by atoms with Crippen molar-refractivity contribution in [1.82, 2.24) is 4.98 Å². The van der Waals surface area contributed by atoms with Crippen LogP contribution in [0.25, 0.3) is 11.3 Å². The number of hydrogen-bond donors (Lipinski definition) is 2. The number of guanidine groups is 1. The van der Waals surface area contributed by atoms with Gasteiger partial charge in [-0.05, 0) is 42.5 Å². The number of nitrogens with zero attached hydrogens (tertiary/aromatic N) is 2. The predicted octanol–water partition coefficient (Wildman–Crippen LogP) is 4.58. The summed E-state index contributed by atoms with van der Waals surface area (Å²) in [6, 6.07) is 18.1. The topological polar surface area (TPSA) is 81.8 Å². The van der Waals surface area contributed by atoms with E-state index in [1.165, 1.54) is 24.3 Å². The lowest BCUT2D eigenvalue weighted by molar-refractivity contribution is -0.274. The van der Waals surface area contributed by atoms with Crippen LogP contribution in [0.1, 0.15) is 5.56 Å². The minimum absolute atomic E-state index is 0.166. The van der Waals surface area contributed by atoms with Gasteiger partial charge >= 0.3 is 6.36 Å². The Morgan fingerprint density at radius 1 is 1.03 bits per heavy atom. The molecule has 0 aliphatic heterocycles. The Kier molecular flexibility index (Phi) is 6.41. The fourth-order valence-corrected chi connectivity index (χ4v) is 2.67. The van der Waals surface area contributed by atoms with E-state index in [9.17, 15) is 13.2 Å². The fourth-order valence-electron chi connectivity index (χ4n) is 2.67. The molecule has 9 heteroatoms. The first-order valence-electron chi connectivity index (χ1n) is 8.86. The molecule has 30 heavy (non-hydrogen) atoms. The summed E-state index contributed by atoms with van der Waals surface area (Å²) in [4.78, 5) is 8.70. The quantitative estimate of drug-likeness (QED) is 0.454. The molecule has 156 valence electrons. The largest absolute Gasteiger partial charge is 0.573 e. The molecule has 0 spiro atoms. The van der Waals surface area contributed by atoms with Crippen LogP contribution in [-0.2, 0) is 6.54 Å². The summed E-state index contributed by atoms with van der Waals surface area (Å²) in [5.41, 5.74) is 8.00. The monoisotopic (exact) mass is 416 g/mol. The molecule has 0 unspecified atom stereocenters. The zero-order valence-electron chi connectivity index (χ0n) is 16.0. The minimum atomic E-state index is -4.73. The maximum Gasteiger partial charge on any atom is 0.573 e. The van der Waals surface area contributed by atoms with E-state index in [0.717, 1.165) is 5.56 Å². The number of ether oxygens (including phenoxy) is 2. The first-order valence-corrected chi connectivity index (χ1v) is 8.86. The van der Waals surface area contributed by atoms with E-state index in [-0.39, 0.29) is 11.7 Å². The lowest BCUT2D eigenvalue weighted by atomic mass is 10.1. The van der Waals surface area contributed by atoms with Crippen LogP contribution in [-0.4, -0.2) is 24.4 Å². The van der Waals surface area contributed by atoms with Crippen molar-refractivity contribution in [1.29, 1.82) is 0 Å². The molecule has 0 saturated carbocycles. The van der Waals surface area contributed by atoms with Gasteiger partial charge in [0.05, 0.1) is 19.3 Å². The summed E-state index contributed by atoms with van der Waals surface area (Å²) < 4.78 is 46.0. The molecule has 0 saturated heterocycles. The molecule has 6 nitrogen and oxygen atoms in total. The number of hydrogen-bond acceptors (Lipinski definition) is 4. The SMILES string of the molecule is COc1ccccc1CN=C(N)Nc1cccc(-c2ccc(OC(F)(F)F)cc2)n1. The first-order chi connectivity index (χ1) is 14.3. The number of para-hydroxylation sites is 1. The summed E-state index contributed by atoms with van der Waals surface area (Å²) in [6.45, 7) is 0.323. The number of rotatable bonds is 6. The summed E-state index contributed by atoms with van der Waals surface area (Å²) in [6.07, 6.45) is -4.73. The molecule has 1 heterocycles. The highest BCUT2D eigenvalue weighted by Gasteiger charge is 2.30. The highest BCUT2D eigenvalue weighted by atomic mass is 19.4. The van der Waals surface area contributed by atoms with E-state index in [2.05, 4.69) is 20.0 Å². The lowest BCUT2D eigenvalue weighted by Gasteiger charge is -2.10. The number of anilines is 1. The van der Waals surface area contributed by atoms with Crippen molar-refractivity contribution in [3.05, 3.63) is 72.3 Å². The highest BCUT2D eigenvalue weighted by molar-refractivity contribution is 5.91. The zero-order chi connectivity index (χ0) is 21.6. The van der Waals surface area contributed by atoms with Crippen LogP contribution in [0.2, 0.25) is 0 Å². The smallest absolute Gasteiger partial charge is 0.496 e. The van der Waals surface area contributed by atoms with E-state index in [1.807, 2.05) is 24.3 Å². The van der Waals surface area contributed by atoms with Crippen molar-refractivity contribution in [2.45, 2.75) is 12.9 Å². The second kappa shape index (κ2) is 9.17. The van der Waals surface area contributed by atoms with Gasteiger partial charge in [-0.3, -0.25) is 0 Å². The predicted molar refractivity (Wildman–Crippen MR) is 108 cm³/mol. The number of pyridine rings is 1. The average molecular weight is 416 g/mol. The van der Waals surface area contributed by atoms with Crippen molar-refractivity contribution >= 4 is 11.8 Å². The number of aliphatic imine (C=N–C) groups is 1. The Balaban J connectivity index is 1.69. The fraction of sp³-hybridized carbons (Fsp3) is 0.143. The third kappa shape index (κ3) is 5.87. The molecule has 0 amide bonds. The van der Waals surface area contributed by atoms with Gasteiger partial charge in [0, 0.05) is 11.1 Å². The Hall–Kier alpha value is -3.75. The second-order valence-corrected chi connectivity index (χ2v) is 6.12. The van der Waals surface area contributed by atoms with Crippen LogP contribution >= 0.6 is 0 Å². The third-order valence-electron chi connectivity index (χ3n) is 4.00. The molecule has 0 atom stereocenters. The van der Waals surface area contributed by atoms with Crippen LogP contribution in [0.5, 0.6) is 11.5 Å². The van der Waals surface area contributed by atoms with Crippen molar-refractivity contribution in [3.8, 4) is 22.8 Å². The Morgan fingerprint density at radius 2 is 1.77 bits per heavy atom. The van der Waals surface area contributed by atoms with Gasteiger partial charge in [-0.25, -0.2) is 9.98 Å². The van der Waals surface area contributed by atoms with Crippen molar-refractivity contribution in [2.75, 3.05) is 12.4 Å². The minimum Gasteiger partial charge on any atom is -0.496 e. The standard InChI is InChI=1S/C21H19F3N4O2/c1-29-18-7-3-2-5-15(18)13-26-20(25)28-19-8-4-6-17(27-19)14-9-11-16(12-10-14)30-21(22,23)24/h2-12H,13H2,1H3,(H3,25,26,27,28). The van der Waals surface area contributed by atoms with Crippen LogP contribution in [0, 0.1) is 0 Å². The number of alkyl halides is 3. The van der Waals surface area contributed by atoms with E-state index in [0.29, 0.717) is 29.4 Å². The molecule has 3 N–H and O–H groups in total. The highest BCUT2D eigenvalue weighted by Crippen LogP contribution is 2.26. The van der Waals surface area contributed by atoms with E-state index >= 15 is 0 Å². The van der Waals surface area contributed by atoms with Crippen molar-refractivity contribution in [3.63, 3.8) is 0 Å². The number of nitrogens with one attached hydrogen (secondary N) is 1. The summed E-state index contributed by atoms with van der Waals surface area (Å²) in [5, 5.41) is 2.90. The van der Waals surface area contributed by atoms with Crippen LogP contribution < -0.4 is 20.5 Å². The molecule has 0 bridgehead atoms. The molecule has 3 aromatic rings. The van der Waals surface area contributed by atoms with Gasteiger partial charge in [-0.2, -0.15) is 0 Å². The summed E-state index contributed by atoms with van der Waals surface area (Å²) in [7, 11) is 1.58. The maximum atomic E-state index is 12.3. The molecule has 0 aliphatic rings. The second-order valence-electron chi connectivity index (χ2n) is 6.12. The Bertz CT molecular complexity index is 1020. The molecular weight excluding hydrogens is 397 g/mol. The number of aromatic nitrogens is 1. The molecule has 2 aromatic carbocycles. The first kappa shape index (κ1) is 21.0. The lowest BCUT2D eigenvalue weighted by Crippen LogP contribution is -2.23. The molecule has 0 aliphatic carbocycles. The summed E-state index contributed by atoms with van der Waals surface area (Å²) in [5.74, 6) is 1.03. The zero-order valence-corrected chi connectivity index (χ0v) is 16.0. The van der Waals surface area contributed by atoms with E-state index in [4.69, 9.17) is 10.5 Å². The molecular formula is C21H19F3N4O2. The summed E-state index contributed by atoms with van der Waals surface area (Å²) >= 11 is 0. The van der Waals surface area contributed by atoms with Gasteiger partial charge in [0.15, 0.2) is 5.96 Å². The van der Waals surface area contributed by atoms with Crippen LogP contribution in [0.3, 0.4) is 0 Å². The van der Waals surface area contributed by atoms with Gasteiger partial charge < -0.3 is 20.5 Å². The van der Waals surface area contributed by atoms with Gasteiger partial charge in [-0.15, -0.1) is 13.2 Å². The Morgan fingerprint density at radius 3 is 2.47 bits per heavy atom. The van der Waals surface area contributed by atoms with Crippen molar-refractivity contribution < 1.29 is 22.6 Å². The van der Waals surface area contributed by atoms with Crippen LogP contribution in [0.4, 0.5) is 19.0 Å². The van der Waals surface area contributed by atoms with Gasteiger partial charge in [0.25, 0.3) is 0 Å². The molecule has 1 aromatic heterocycles. The van der Waals surface area contributed by atoms with E-state index < -0.39 is 6.36 Å². The maximum absolute atomic E-state index is 12.3. The van der Waals surface area contributed by atoms with Gasteiger partial charge in [0.1, 0.15) is 17.3 Å². The number of methoxy groups -OCH3 is 1. The molecule has 0 fully saturated rings. The van der Waals surface area contributed by atoms with Gasteiger partial charge in [0.2, 0.25) is 0 Å². The number of nitrogens with two attached hydrogens (primary N) is 1. The number of benzene rings is 2. The Labute approximate surface area is 171 Å². The normalized spacial score (nSPS) is 11.8. The average Bonchev–Trinajstić information content (AvgIpc) is 2.72. The van der Waals surface area contributed by atoms with E-state index in [1.54, 1.807) is 25.3 Å². The van der Waals surface area contributed by atoms with Gasteiger partial charge in [-0.1, -0.05) is 24.3 Å². The number of halogens is 3. The van der Waals surface area contributed by atoms with Crippen molar-refractivity contribution in [2.24, 2.45) is 10.7 Å². The van der Waals surface area contributed by atoms with Crippen LogP contribution in [0.15, 0.2) is 71.7 Å².